The van der Waals surface area contributed by atoms with Crippen molar-refractivity contribution in [1.29, 1.82) is 0 Å². The van der Waals surface area contributed by atoms with Gasteiger partial charge in [-0.2, -0.15) is 4.31 Å². The Labute approximate surface area is 135 Å². The SMILES string of the molecule is COc1ccccc1C1CCN(S(=O)(=O)c2ccccc2F)C1. The highest BCUT2D eigenvalue weighted by Gasteiger charge is 2.35. The van der Waals surface area contributed by atoms with E-state index < -0.39 is 15.8 Å². The lowest BCUT2D eigenvalue weighted by molar-refractivity contribution is 0.404. The molecule has 0 spiro atoms. The zero-order valence-corrected chi connectivity index (χ0v) is 13.6. The monoisotopic (exact) mass is 335 g/mol. The molecule has 3 rings (SSSR count). The van der Waals surface area contributed by atoms with Gasteiger partial charge in [-0.25, -0.2) is 12.8 Å². The van der Waals surface area contributed by atoms with E-state index in [2.05, 4.69) is 0 Å². The summed E-state index contributed by atoms with van der Waals surface area (Å²) in [5, 5.41) is 0. The Bertz CT molecular complexity index is 807. The smallest absolute Gasteiger partial charge is 0.246 e. The number of ether oxygens (including phenoxy) is 1. The van der Waals surface area contributed by atoms with E-state index in [1.165, 1.54) is 28.6 Å². The summed E-state index contributed by atoms with van der Waals surface area (Å²) in [7, 11) is -2.21. The zero-order chi connectivity index (χ0) is 16.4. The van der Waals surface area contributed by atoms with E-state index in [0.717, 1.165) is 11.3 Å². The van der Waals surface area contributed by atoms with E-state index in [0.29, 0.717) is 19.5 Å². The molecule has 1 saturated heterocycles. The summed E-state index contributed by atoms with van der Waals surface area (Å²) in [5.41, 5.74) is 0.987. The molecular weight excluding hydrogens is 317 g/mol. The van der Waals surface area contributed by atoms with Gasteiger partial charge in [0.15, 0.2) is 0 Å². The Morgan fingerprint density at radius 2 is 1.83 bits per heavy atom. The van der Waals surface area contributed by atoms with Crippen LogP contribution in [0.4, 0.5) is 4.39 Å². The Morgan fingerprint density at radius 1 is 1.13 bits per heavy atom. The molecule has 0 aromatic heterocycles. The highest BCUT2D eigenvalue weighted by molar-refractivity contribution is 7.89. The number of nitrogens with zero attached hydrogens (tertiary/aromatic N) is 1. The number of methoxy groups -OCH3 is 1. The Hall–Kier alpha value is -1.92. The normalized spacial score (nSPS) is 19.0. The Morgan fingerprint density at radius 3 is 2.57 bits per heavy atom. The van der Waals surface area contributed by atoms with Crippen molar-refractivity contribution in [2.24, 2.45) is 0 Å². The fraction of sp³-hybridized carbons (Fsp3) is 0.294. The summed E-state index contributed by atoms with van der Waals surface area (Å²) >= 11 is 0. The highest BCUT2D eigenvalue weighted by atomic mass is 32.2. The van der Waals surface area contributed by atoms with E-state index in [-0.39, 0.29) is 10.8 Å². The third-order valence-corrected chi connectivity index (χ3v) is 6.08. The van der Waals surface area contributed by atoms with Gasteiger partial charge in [-0.1, -0.05) is 30.3 Å². The van der Waals surface area contributed by atoms with Crippen LogP contribution in [0.5, 0.6) is 5.75 Å². The van der Waals surface area contributed by atoms with Crippen LogP contribution in [-0.2, 0) is 10.0 Å². The first-order chi connectivity index (χ1) is 11.0. The molecule has 0 radical (unpaired) electrons. The molecule has 0 aliphatic carbocycles. The van der Waals surface area contributed by atoms with Gasteiger partial charge in [-0.3, -0.25) is 0 Å². The number of halogens is 1. The first kappa shape index (κ1) is 16.0. The van der Waals surface area contributed by atoms with Crippen LogP contribution >= 0.6 is 0 Å². The van der Waals surface area contributed by atoms with E-state index in [1.54, 1.807) is 7.11 Å². The van der Waals surface area contributed by atoms with Crippen molar-refractivity contribution in [1.82, 2.24) is 4.31 Å². The average molecular weight is 335 g/mol. The molecule has 23 heavy (non-hydrogen) atoms. The van der Waals surface area contributed by atoms with Crippen LogP contribution in [0.25, 0.3) is 0 Å². The topological polar surface area (TPSA) is 46.6 Å². The largest absolute Gasteiger partial charge is 0.496 e. The molecule has 1 fully saturated rings. The average Bonchev–Trinajstić information content (AvgIpc) is 3.05. The van der Waals surface area contributed by atoms with Gasteiger partial charge in [0.25, 0.3) is 0 Å². The van der Waals surface area contributed by atoms with E-state index in [4.69, 9.17) is 4.74 Å². The number of hydrogen-bond donors (Lipinski definition) is 0. The zero-order valence-electron chi connectivity index (χ0n) is 12.8. The fourth-order valence-corrected chi connectivity index (χ4v) is 4.56. The molecule has 0 saturated carbocycles. The molecule has 1 aliphatic rings. The Kier molecular flexibility index (Phi) is 4.37. The number of hydrogen-bond acceptors (Lipinski definition) is 3. The second-order valence-electron chi connectivity index (χ2n) is 5.52. The predicted octanol–water partition coefficient (Wildman–Crippen LogP) is 3.01. The van der Waals surface area contributed by atoms with Crippen molar-refractivity contribution in [2.75, 3.05) is 20.2 Å². The maximum atomic E-state index is 13.9. The molecule has 1 heterocycles. The van der Waals surface area contributed by atoms with Crippen molar-refractivity contribution < 1.29 is 17.5 Å². The van der Waals surface area contributed by atoms with Crippen LogP contribution in [0, 0.1) is 5.82 Å². The molecule has 1 unspecified atom stereocenters. The molecule has 2 aromatic rings. The van der Waals surface area contributed by atoms with Crippen LogP contribution in [0.15, 0.2) is 53.4 Å². The summed E-state index contributed by atoms with van der Waals surface area (Å²) in [5.74, 6) is 0.0866. The van der Waals surface area contributed by atoms with E-state index in [9.17, 15) is 12.8 Å². The van der Waals surface area contributed by atoms with Crippen molar-refractivity contribution in [3.05, 3.63) is 59.9 Å². The molecule has 4 nitrogen and oxygen atoms in total. The van der Waals surface area contributed by atoms with Gasteiger partial charge in [-0.15, -0.1) is 0 Å². The molecule has 122 valence electrons. The molecule has 2 aromatic carbocycles. The van der Waals surface area contributed by atoms with Crippen LogP contribution < -0.4 is 4.74 Å². The van der Waals surface area contributed by atoms with Crippen molar-refractivity contribution in [3.8, 4) is 5.75 Å². The summed E-state index contributed by atoms with van der Waals surface area (Å²) in [6, 6.07) is 13.1. The van der Waals surface area contributed by atoms with Gasteiger partial charge in [0.05, 0.1) is 7.11 Å². The van der Waals surface area contributed by atoms with Crippen LogP contribution in [0.3, 0.4) is 0 Å². The van der Waals surface area contributed by atoms with Gasteiger partial charge in [-0.05, 0) is 30.2 Å². The lowest BCUT2D eigenvalue weighted by Gasteiger charge is -2.18. The number of rotatable bonds is 4. The second-order valence-corrected chi connectivity index (χ2v) is 7.43. The molecule has 1 atom stereocenters. The van der Waals surface area contributed by atoms with Crippen LogP contribution in [0.2, 0.25) is 0 Å². The molecular formula is C17H18FNO3S. The maximum Gasteiger partial charge on any atom is 0.246 e. The first-order valence-electron chi connectivity index (χ1n) is 7.41. The van der Waals surface area contributed by atoms with Crippen molar-refractivity contribution in [2.45, 2.75) is 17.2 Å². The minimum atomic E-state index is -3.81. The molecule has 1 aliphatic heterocycles. The van der Waals surface area contributed by atoms with Gasteiger partial charge < -0.3 is 4.74 Å². The minimum absolute atomic E-state index is 0.0488. The second kappa shape index (κ2) is 6.29. The quantitative estimate of drug-likeness (QED) is 0.863. The minimum Gasteiger partial charge on any atom is -0.496 e. The van der Waals surface area contributed by atoms with Crippen molar-refractivity contribution >= 4 is 10.0 Å². The van der Waals surface area contributed by atoms with Gasteiger partial charge in [0.2, 0.25) is 10.0 Å². The molecule has 6 heteroatoms. The number of benzene rings is 2. The highest BCUT2D eigenvalue weighted by Crippen LogP contribution is 2.35. The van der Waals surface area contributed by atoms with Gasteiger partial charge in [0, 0.05) is 19.0 Å². The third-order valence-electron chi connectivity index (χ3n) is 4.18. The number of sulfonamides is 1. The van der Waals surface area contributed by atoms with E-state index >= 15 is 0 Å². The summed E-state index contributed by atoms with van der Waals surface area (Å²) < 4.78 is 45.8. The molecule has 0 bridgehead atoms. The van der Waals surface area contributed by atoms with Crippen LogP contribution in [-0.4, -0.2) is 32.9 Å². The van der Waals surface area contributed by atoms with E-state index in [1.807, 2.05) is 24.3 Å². The van der Waals surface area contributed by atoms with Gasteiger partial charge in [0.1, 0.15) is 16.5 Å². The van der Waals surface area contributed by atoms with Crippen LogP contribution in [0.1, 0.15) is 17.9 Å². The standard InChI is InChI=1S/C17H18FNO3S/c1-22-16-8-4-2-6-14(16)13-10-11-19(12-13)23(20,21)17-9-5-3-7-15(17)18/h2-9,13H,10-12H2,1H3. The fourth-order valence-electron chi connectivity index (χ4n) is 3.00. The summed E-state index contributed by atoms with van der Waals surface area (Å²) in [6.07, 6.45) is 0.689. The third kappa shape index (κ3) is 2.96. The lowest BCUT2D eigenvalue weighted by Crippen LogP contribution is -2.29. The lowest BCUT2D eigenvalue weighted by atomic mass is 9.97. The van der Waals surface area contributed by atoms with Crippen molar-refractivity contribution in [3.63, 3.8) is 0 Å². The predicted molar refractivity (Wildman–Crippen MR) is 85.5 cm³/mol. The summed E-state index contributed by atoms with van der Waals surface area (Å²) in [4.78, 5) is -0.263. The Balaban J connectivity index is 1.86. The summed E-state index contributed by atoms with van der Waals surface area (Å²) in [6.45, 7) is 0.705. The van der Waals surface area contributed by atoms with Gasteiger partial charge >= 0.3 is 0 Å². The molecule has 0 amide bonds. The maximum absolute atomic E-state index is 13.9. The first-order valence-corrected chi connectivity index (χ1v) is 8.85. The molecule has 0 N–H and O–H groups in total. The number of para-hydroxylation sites is 1.